The monoisotopic (exact) mass is 542 g/mol. The van der Waals surface area contributed by atoms with Gasteiger partial charge in [0.25, 0.3) is 0 Å². The van der Waals surface area contributed by atoms with Gasteiger partial charge in [0.05, 0.1) is 18.7 Å². The number of piperidine rings is 1. The second-order valence-electron chi connectivity index (χ2n) is 10.5. The van der Waals surface area contributed by atoms with Crippen LogP contribution in [0.5, 0.6) is 0 Å². The van der Waals surface area contributed by atoms with Crippen LogP contribution in [0.3, 0.4) is 0 Å². The Morgan fingerprint density at radius 2 is 1.63 bits per heavy atom. The summed E-state index contributed by atoms with van der Waals surface area (Å²) in [5.41, 5.74) is -1.42. The number of nitrogens with zero attached hydrogens (tertiary/aromatic N) is 3. The summed E-state index contributed by atoms with van der Waals surface area (Å²) in [5.74, 6) is -1.02. The number of halogens is 3. The zero-order valence-corrected chi connectivity index (χ0v) is 22.4. The number of carbonyl (C=O) groups is 3. The van der Waals surface area contributed by atoms with E-state index in [9.17, 15) is 27.6 Å². The van der Waals surface area contributed by atoms with Gasteiger partial charge in [-0.1, -0.05) is 0 Å². The standard InChI is InChI=1S/C26H37F3N4O5/c1-5-37-22(34)17-31-10-8-18(9-11-31)23(35)30-19-6-7-21(20(16-19)26(27,28)29)32-12-14-33(15-13-32)24(36)38-25(2,3)4/h6-7,16,18H,5,8-15,17H2,1-4H3,(H,30,35). The molecule has 2 amide bonds. The van der Waals surface area contributed by atoms with Gasteiger partial charge in [0.15, 0.2) is 0 Å². The van der Waals surface area contributed by atoms with Gasteiger partial charge in [-0.3, -0.25) is 14.5 Å². The summed E-state index contributed by atoms with van der Waals surface area (Å²) in [6.45, 7) is 9.43. The van der Waals surface area contributed by atoms with Gasteiger partial charge in [0.1, 0.15) is 5.60 Å². The molecule has 0 unspecified atom stereocenters. The maximum atomic E-state index is 14.0. The van der Waals surface area contributed by atoms with E-state index in [0.29, 0.717) is 32.5 Å². The van der Waals surface area contributed by atoms with Crippen molar-refractivity contribution in [3.63, 3.8) is 0 Å². The van der Waals surface area contributed by atoms with Crippen molar-refractivity contribution in [1.82, 2.24) is 9.80 Å². The third-order valence-electron chi connectivity index (χ3n) is 6.46. The van der Waals surface area contributed by atoms with Gasteiger partial charge in [-0.05, 0) is 71.8 Å². The molecule has 3 rings (SSSR count). The number of esters is 1. The number of hydrogen-bond donors (Lipinski definition) is 1. The van der Waals surface area contributed by atoms with Crippen LogP contribution < -0.4 is 10.2 Å². The second-order valence-corrected chi connectivity index (χ2v) is 10.5. The molecule has 2 saturated heterocycles. The number of carbonyl (C=O) groups excluding carboxylic acids is 3. The Morgan fingerprint density at radius 3 is 2.18 bits per heavy atom. The number of amides is 2. The summed E-state index contributed by atoms with van der Waals surface area (Å²) < 4.78 is 52.3. The van der Waals surface area contributed by atoms with E-state index in [0.717, 1.165) is 6.07 Å². The van der Waals surface area contributed by atoms with Crippen molar-refractivity contribution in [3.05, 3.63) is 23.8 Å². The zero-order valence-electron chi connectivity index (χ0n) is 22.4. The molecule has 0 atom stereocenters. The number of ether oxygens (including phenoxy) is 2. The lowest BCUT2D eigenvalue weighted by atomic mass is 9.95. The molecule has 0 aromatic heterocycles. The number of likely N-dealkylation sites (tertiary alicyclic amines) is 1. The van der Waals surface area contributed by atoms with E-state index in [1.807, 2.05) is 4.90 Å². The van der Waals surface area contributed by atoms with Crippen LogP contribution in [-0.2, 0) is 25.2 Å². The first kappa shape index (κ1) is 29.5. The minimum absolute atomic E-state index is 0.00612. The van der Waals surface area contributed by atoms with Crippen molar-refractivity contribution in [3.8, 4) is 0 Å². The Hall–Kier alpha value is -3.02. The Labute approximate surface area is 221 Å². The highest BCUT2D eigenvalue weighted by molar-refractivity contribution is 5.93. The lowest BCUT2D eigenvalue weighted by Crippen LogP contribution is -2.50. The van der Waals surface area contributed by atoms with E-state index in [4.69, 9.17) is 9.47 Å². The SMILES string of the molecule is CCOC(=O)CN1CCC(C(=O)Nc2ccc(N3CCN(C(=O)OC(C)(C)C)CC3)c(C(F)(F)F)c2)CC1. The number of rotatable bonds is 6. The summed E-state index contributed by atoms with van der Waals surface area (Å²) in [5, 5.41) is 2.64. The number of nitrogens with one attached hydrogen (secondary N) is 1. The molecule has 1 aromatic rings. The quantitative estimate of drug-likeness (QED) is 0.544. The van der Waals surface area contributed by atoms with E-state index in [1.165, 1.54) is 17.0 Å². The highest BCUT2D eigenvalue weighted by Crippen LogP contribution is 2.39. The van der Waals surface area contributed by atoms with Crippen molar-refractivity contribution in [2.75, 3.05) is 62.6 Å². The minimum atomic E-state index is -4.63. The predicted molar refractivity (Wildman–Crippen MR) is 136 cm³/mol. The molecule has 9 nitrogen and oxygen atoms in total. The van der Waals surface area contributed by atoms with E-state index in [1.54, 1.807) is 32.6 Å². The Bertz CT molecular complexity index is 996. The Morgan fingerprint density at radius 1 is 1.00 bits per heavy atom. The fourth-order valence-electron chi connectivity index (χ4n) is 4.56. The van der Waals surface area contributed by atoms with Crippen molar-refractivity contribution in [2.24, 2.45) is 5.92 Å². The van der Waals surface area contributed by atoms with Crippen LogP contribution >= 0.6 is 0 Å². The molecule has 2 aliphatic rings. The first-order valence-corrected chi connectivity index (χ1v) is 12.9. The largest absolute Gasteiger partial charge is 0.465 e. The van der Waals surface area contributed by atoms with Crippen molar-refractivity contribution >= 4 is 29.3 Å². The molecular formula is C26H37F3N4O5. The average Bonchev–Trinajstić information content (AvgIpc) is 2.83. The Balaban J connectivity index is 1.61. The maximum Gasteiger partial charge on any atom is 0.418 e. The van der Waals surface area contributed by atoms with E-state index in [2.05, 4.69) is 5.32 Å². The summed E-state index contributed by atoms with van der Waals surface area (Å²) in [6.07, 6.45) is -4.12. The molecule has 2 fully saturated rings. The van der Waals surface area contributed by atoms with Gasteiger partial charge in [-0.15, -0.1) is 0 Å². The van der Waals surface area contributed by atoms with E-state index in [-0.39, 0.29) is 61.9 Å². The highest BCUT2D eigenvalue weighted by atomic mass is 19.4. The topological polar surface area (TPSA) is 91.4 Å². The normalized spacial score (nSPS) is 17.8. The van der Waals surface area contributed by atoms with E-state index >= 15 is 0 Å². The third kappa shape index (κ3) is 8.24. The van der Waals surface area contributed by atoms with Crippen LogP contribution in [0.25, 0.3) is 0 Å². The molecule has 0 radical (unpaired) electrons. The molecule has 0 bridgehead atoms. The van der Waals surface area contributed by atoms with Crippen molar-refractivity contribution < 1.29 is 37.0 Å². The van der Waals surface area contributed by atoms with Crippen LogP contribution in [0.1, 0.15) is 46.1 Å². The molecule has 2 heterocycles. The number of alkyl halides is 3. The van der Waals surface area contributed by atoms with Gasteiger partial charge in [-0.25, -0.2) is 4.79 Å². The summed E-state index contributed by atoms with van der Waals surface area (Å²) in [7, 11) is 0. The first-order valence-electron chi connectivity index (χ1n) is 12.9. The molecule has 212 valence electrons. The number of benzene rings is 1. The molecule has 38 heavy (non-hydrogen) atoms. The summed E-state index contributed by atoms with van der Waals surface area (Å²) >= 11 is 0. The van der Waals surface area contributed by atoms with Crippen LogP contribution in [0.15, 0.2) is 18.2 Å². The fourth-order valence-corrected chi connectivity index (χ4v) is 4.56. The van der Waals surface area contributed by atoms with Gasteiger partial charge >= 0.3 is 18.2 Å². The summed E-state index contributed by atoms with van der Waals surface area (Å²) in [6, 6.07) is 3.80. The molecule has 0 aliphatic carbocycles. The smallest absolute Gasteiger partial charge is 0.418 e. The van der Waals surface area contributed by atoms with Gasteiger partial charge in [0.2, 0.25) is 5.91 Å². The fraction of sp³-hybridized carbons (Fsp3) is 0.654. The Kier molecular flexibility index (Phi) is 9.50. The van der Waals surface area contributed by atoms with Crippen LogP contribution in [-0.4, -0.2) is 85.8 Å². The van der Waals surface area contributed by atoms with Gasteiger partial charge < -0.3 is 24.6 Å². The van der Waals surface area contributed by atoms with E-state index < -0.39 is 23.4 Å². The predicted octanol–water partition coefficient (Wildman–Crippen LogP) is 3.98. The number of hydrogen-bond acceptors (Lipinski definition) is 7. The molecule has 0 spiro atoms. The highest BCUT2D eigenvalue weighted by Gasteiger charge is 2.37. The van der Waals surface area contributed by atoms with Crippen molar-refractivity contribution in [1.29, 1.82) is 0 Å². The lowest BCUT2D eigenvalue weighted by Gasteiger charge is -2.37. The van der Waals surface area contributed by atoms with Crippen LogP contribution in [0.4, 0.5) is 29.3 Å². The van der Waals surface area contributed by atoms with Gasteiger partial charge in [-0.2, -0.15) is 13.2 Å². The van der Waals surface area contributed by atoms with Crippen LogP contribution in [0, 0.1) is 5.92 Å². The zero-order chi connectivity index (χ0) is 28.1. The first-order chi connectivity index (χ1) is 17.8. The van der Waals surface area contributed by atoms with Gasteiger partial charge in [0, 0.05) is 43.5 Å². The molecule has 2 aliphatic heterocycles. The summed E-state index contributed by atoms with van der Waals surface area (Å²) in [4.78, 5) is 41.7. The number of piperazine rings is 1. The third-order valence-corrected chi connectivity index (χ3v) is 6.46. The molecule has 1 aromatic carbocycles. The molecule has 1 N–H and O–H groups in total. The van der Waals surface area contributed by atoms with Crippen molar-refractivity contribution in [2.45, 2.75) is 52.3 Å². The molecule has 12 heteroatoms. The number of anilines is 2. The second kappa shape index (κ2) is 12.2. The average molecular weight is 543 g/mol. The lowest BCUT2D eigenvalue weighted by molar-refractivity contribution is -0.144. The molecule has 0 saturated carbocycles. The molecular weight excluding hydrogens is 505 g/mol. The maximum absolute atomic E-state index is 14.0. The van der Waals surface area contributed by atoms with Crippen LogP contribution in [0.2, 0.25) is 0 Å². The minimum Gasteiger partial charge on any atom is -0.465 e.